The van der Waals surface area contributed by atoms with Crippen molar-refractivity contribution in [2.24, 2.45) is 0 Å². The summed E-state index contributed by atoms with van der Waals surface area (Å²) in [4.78, 5) is 22.6. The van der Waals surface area contributed by atoms with Crippen molar-refractivity contribution in [2.45, 2.75) is 38.8 Å². The van der Waals surface area contributed by atoms with Crippen LogP contribution < -0.4 is 5.32 Å². The van der Waals surface area contributed by atoms with Crippen LogP contribution in [0.2, 0.25) is 0 Å². The molecule has 0 aromatic heterocycles. The first-order chi connectivity index (χ1) is 8.15. The normalized spacial score (nSPS) is 12.3. The van der Waals surface area contributed by atoms with Crippen LogP contribution in [0, 0.1) is 0 Å². The first-order valence-corrected chi connectivity index (χ1v) is 5.24. The summed E-state index contributed by atoms with van der Waals surface area (Å²) in [5.74, 6) is -0.821. The maximum absolute atomic E-state index is 11.9. The number of amides is 1. The third-order valence-corrected chi connectivity index (χ3v) is 1.68. The molecule has 1 amide bonds. The van der Waals surface area contributed by atoms with Crippen molar-refractivity contribution >= 4 is 12.1 Å². The zero-order valence-electron chi connectivity index (χ0n) is 10.8. The van der Waals surface area contributed by atoms with Gasteiger partial charge in [0.05, 0.1) is 7.11 Å². The molecule has 0 rings (SSSR count). The fourth-order valence-corrected chi connectivity index (χ4v) is 1.01. The van der Waals surface area contributed by atoms with Crippen LogP contribution >= 0.6 is 0 Å². The van der Waals surface area contributed by atoms with Crippen molar-refractivity contribution in [3.05, 3.63) is 12.2 Å². The van der Waals surface area contributed by atoms with Crippen molar-refractivity contribution in [3.63, 3.8) is 0 Å². The minimum Gasteiger partial charge on any atom is -0.467 e. The van der Waals surface area contributed by atoms with E-state index in [-0.39, 0.29) is 6.42 Å². The summed E-state index contributed by atoms with van der Waals surface area (Å²) in [6, 6.07) is -1.20. The van der Waals surface area contributed by atoms with Gasteiger partial charge in [-0.2, -0.15) is 8.78 Å². The number of carbonyl (C=O) groups excluding carboxylic acids is 2. The lowest BCUT2D eigenvalue weighted by molar-refractivity contribution is -0.143. The molecule has 0 aliphatic heterocycles. The van der Waals surface area contributed by atoms with Gasteiger partial charge in [-0.25, -0.2) is 9.59 Å². The van der Waals surface area contributed by atoms with Crippen LogP contribution in [-0.4, -0.2) is 30.8 Å². The standard InChI is InChI=1S/C11H17F2NO4/c1-11(2,3)18-10(16)14-7(9(15)17-4)5-6-8(12)13/h6-7H,5H2,1-4H3,(H,14,16). The van der Waals surface area contributed by atoms with Gasteiger partial charge >= 0.3 is 12.1 Å². The quantitative estimate of drug-likeness (QED) is 0.791. The van der Waals surface area contributed by atoms with Gasteiger partial charge in [0.15, 0.2) is 0 Å². The Hall–Kier alpha value is -1.66. The molecule has 0 spiro atoms. The van der Waals surface area contributed by atoms with Gasteiger partial charge in [0, 0.05) is 6.42 Å². The van der Waals surface area contributed by atoms with Crippen LogP contribution in [-0.2, 0) is 14.3 Å². The third-order valence-electron chi connectivity index (χ3n) is 1.68. The number of hydrogen-bond donors (Lipinski definition) is 1. The van der Waals surface area contributed by atoms with E-state index >= 15 is 0 Å². The van der Waals surface area contributed by atoms with E-state index in [0.29, 0.717) is 6.08 Å². The molecule has 0 aromatic rings. The smallest absolute Gasteiger partial charge is 0.408 e. The Kier molecular flexibility index (Phi) is 6.29. The first kappa shape index (κ1) is 16.3. The number of nitrogens with one attached hydrogen (secondary N) is 1. The van der Waals surface area contributed by atoms with E-state index in [0.717, 1.165) is 7.11 Å². The second-order valence-electron chi connectivity index (χ2n) is 4.45. The van der Waals surface area contributed by atoms with Gasteiger partial charge in [0.25, 0.3) is 6.08 Å². The van der Waals surface area contributed by atoms with Gasteiger partial charge in [0.2, 0.25) is 0 Å². The van der Waals surface area contributed by atoms with E-state index in [1.54, 1.807) is 20.8 Å². The Bertz CT molecular complexity index is 332. The summed E-state index contributed by atoms with van der Waals surface area (Å²) < 4.78 is 33.2. The van der Waals surface area contributed by atoms with Crippen LogP contribution in [0.5, 0.6) is 0 Å². The molecular weight excluding hydrogens is 248 g/mol. The third kappa shape index (κ3) is 7.59. The molecular formula is C11H17F2NO4. The van der Waals surface area contributed by atoms with Crippen LogP contribution in [0.1, 0.15) is 27.2 Å². The van der Waals surface area contributed by atoms with E-state index in [1.807, 2.05) is 0 Å². The molecule has 0 aliphatic rings. The molecule has 0 aromatic carbocycles. The number of methoxy groups -OCH3 is 1. The largest absolute Gasteiger partial charge is 0.467 e. The predicted molar refractivity (Wildman–Crippen MR) is 60.1 cm³/mol. The average Bonchev–Trinajstić information content (AvgIpc) is 2.20. The van der Waals surface area contributed by atoms with Gasteiger partial charge in [-0.3, -0.25) is 0 Å². The Balaban J connectivity index is 4.55. The molecule has 0 saturated carbocycles. The second-order valence-corrected chi connectivity index (χ2v) is 4.45. The number of halogens is 2. The number of esters is 1. The molecule has 0 bridgehead atoms. The lowest BCUT2D eigenvalue weighted by atomic mass is 10.2. The maximum Gasteiger partial charge on any atom is 0.408 e. The molecule has 1 atom stereocenters. The Labute approximate surface area is 104 Å². The highest BCUT2D eigenvalue weighted by atomic mass is 19.3. The molecule has 1 N–H and O–H groups in total. The molecule has 0 fully saturated rings. The number of alkyl carbamates (subject to hydrolysis) is 1. The van der Waals surface area contributed by atoms with Crippen molar-refractivity contribution < 1.29 is 27.8 Å². The number of hydrogen-bond acceptors (Lipinski definition) is 4. The number of rotatable bonds is 4. The van der Waals surface area contributed by atoms with Crippen LogP contribution in [0.3, 0.4) is 0 Å². The molecule has 104 valence electrons. The van der Waals surface area contributed by atoms with E-state index < -0.39 is 29.8 Å². The van der Waals surface area contributed by atoms with Gasteiger partial charge in [-0.1, -0.05) is 0 Å². The Morgan fingerprint density at radius 1 is 1.33 bits per heavy atom. The Morgan fingerprint density at radius 3 is 2.28 bits per heavy atom. The van der Waals surface area contributed by atoms with Gasteiger partial charge in [-0.15, -0.1) is 0 Å². The van der Waals surface area contributed by atoms with Crippen molar-refractivity contribution in [3.8, 4) is 0 Å². The zero-order chi connectivity index (χ0) is 14.3. The van der Waals surface area contributed by atoms with Crippen molar-refractivity contribution in [2.75, 3.05) is 7.11 Å². The number of ether oxygens (including phenoxy) is 2. The highest BCUT2D eigenvalue weighted by Crippen LogP contribution is 2.08. The predicted octanol–water partition coefficient (Wildman–Crippen LogP) is 2.22. The van der Waals surface area contributed by atoms with E-state index in [1.165, 1.54) is 0 Å². The van der Waals surface area contributed by atoms with E-state index in [4.69, 9.17) is 4.74 Å². The molecule has 0 aliphatic carbocycles. The lowest BCUT2D eigenvalue weighted by Crippen LogP contribution is -2.43. The summed E-state index contributed by atoms with van der Waals surface area (Å²) in [6.45, 7) is 4.92. The van der Waals surface area contributed by atoms with E-state index in [2.05, 4.69) is 10.1 Å². The summed E-state index contributed by atoms with van der Waals surface area (Å²) in [7, 11) is 1.10. The number of carbonyl (C=O) groups is 2. The average molecular weight is 265 g/mol. The topological polar surface area (TPSA) is 64.6 Å². The molecule has 0 saturated heterocycles. The summed E-state index contributed by atoms with van der Waals surface area (Å²) in [6.07, 6.45) is -2.65. The summed E-state index contributed by atoms with van der Waals surface area (Å²) >= 11 is 0. The Morgan fingerprint density at radius 2 is 1.89 bits per heavy atom. The SMILES string of the molecule is COC(=O)C(CC=C(F)F)NC(=O)OC(C)(C)C. The van der Waals surface area contributed by atoms with Gasteiger partial charge in [0.1, 0.15) is 11.6 Å². The zero-order valence-corrected chi connectivity index (χ0v) is 10.8. The van der Waals surface area contributed by atoms with Gasteiger partial charge < -0.3 is 14.8 Å². The molecule has 0 heterocycles. The molecule has 5 nitrogen and oxygen atoms in total. The van der Waals surface area contributed by atoms with Crippen LogP contribution in [0.15, 0.2) is 12.2 Å². The second kappa shape index (κ2) is 6.93. The van der Waals surface area contributed by atoms with Crippen molar-refractivity contribution in [1.82, 2.24) is 5.32 Å². The fourth-order valence-electron chi connectivity index (χ4n) is 1.01. The monoisotopic (exact) mass is 265 g/mol. The maximum atomic E-state index is 11.9. The molecule has 1 unspecified atom stereocenters. The van der Waals surface area contributed by atoms with Crippen LogP contribution in [0.25, 0.3) is 0 Å². The van der Waals surface area contributed by atoms with Crippen molar-refractivity contribution in [1.29, 1.82) is 0 Å². The van der Waals surface area contributed by atoms with Crippen LogP contribution in [0.4, 0.5) is 13.6 Å². The summed E-state index contributed by atoms with van der Waals surface area (Å²) in [5, 5.41) is 2.17. The van der Waals surface area contributed by atoms with E-state index in [9.17, 15) is 18.4 Å². The highest BCUT2D eigenvalue weighted by Gasteiger charge is 2.24. The minimum absolute atomic E-state index is 0.367. The fraction of sp³-hybridized carbons (Fsp3) is 0.636. The molecule has 0 radical (unpaired) electrons. The lowest BCUT2D eigenvalue weighted by Gasteiger charge is -2.22. The van der Waals surface area contributed by atoms with Gasteiger partial charge in [-0.05, 0) is 26.8 Å². The first-order valence-electron chi connectivity index (χ1n) is 5.24. The highest BCUT2D eigenvalue weighted by molar-refractivity contribution is 5.81. The summed E-state index contributed by atoms with van der Waals surface area (Å²) in [5.41, 5.74) is -0.744. The molecule has 18 heavy (non-hydrogen) atoms. The molecule has 7 heteroatoms. The minimum atomic E-state index is -1.94.